The molecular formula is C18H18N2O3S. The molecule has 0 bridgehead atoms. The summed E-state index contributed by atoms with van der Waals surface area (Å²) in [7, 11) is 1.74. The summed E-state index contributed by atoms with van der Waals surface area (Å²) in [4.78, 5) is 27.5. The van der Waals surface area contributed by atoms with Crippen LogP contribution in [0.4, 0.5) is 11.4 Å². The van der Waals surface area contributed by atoms with E-state index in [0.29, 0.717) is 17.8 Å². The lowest BCUT2D eigenvalue weighted by atomic mass is 10.2. The third kappa shape index (κ3) is 3.38. The van der Waals surface area contributed by atoms with Crippen molar-refractivity contribution in [3.05, 3.63) is 54.1 Å². The van der Waals surface area contributed by atoms with Crippen molar-refractivity contribution in [2.45, 2.75) is 4.90 Å². The molecule has 5 nitrogen and oxygen atoms in total. The molecule has 1 amide bonds. The second-order valence-electron chi connectivity index (χ2n) is 5.23. The summed E-state index contributed by atoms with van der Waals surface area (Å²) >= 11 is 1.73. The Labute approximate surface area is 145 Å². The Hall–Kier alpha value is -2.47. The highest BCUT2D eigenvalue weighted by Crippen LogP contribution is 2.34. The fourth-order valence-electron chi connectivity index (χ4n) is 2.59. The minimum Gasteiger partial charge on any atom is -0.452 e. The molecule has 0 spiro atoms. The maximum atomic E-state index is 12.5. The SMILES string of the molecule is CNc1ccccc1C(=O)OCC(=O)N1CCSc2ccccc21. The number of benzene rings is 2. The molecule has 0 radical (unpaired) electrons. The van der Waals surface area contributed by atoms with Crippen molar-refractivity contribution in [2.75, 3.05) is 36.2 Å². The van der Waals surface area contributed by atoms with Gasteiger partial charge in [-0.2, -0.15) is 0 Å². The van der Waals surface area contributed by atoms with Gasteiger partial charge in [-0.05, 0) is 24.3 Å². The first-order chi connectivity index (χ1) is 11.7. The number of esters is 1. The van der Waals surface area contributed by atoms with Gasteiger partial charge >= 0.3 is 5.97 Å². The van der Waals surface area contributed by atoms with Gasteiger partial charge in [0.15, 0.2) is 6.61 Å². The zero-order chi connectivity index (χ0) is 16.9. The van der Waals surface area contributed by atoms with Crippen molar-refractivity contribution in [1.29, 1.82) is 0 Å². The molecule has 3 rings (SSSR count). The molecule has 0 saturated heterocycles. The van der Waals surface area contributed by atoms with Gasteiger partial charge in [0.1, 0.15) is 0 Å². The number of carbonyl (C=O) groups is 2. The molecule has 1 aliphatic heterocycles. The second kappa shape index (κ2) is 7.40. The van der Waals surface area contributed by atoms with Gasteiger partial charge in [-0.25, -0.2) is 4.79 Å². The number of nitrogens with one attached hydrogen (secondary N) is 1. The van der Waals surface area contributed by atoms with E-state index in [1.165, 1.54) is 0 Å². The van der Waals surface area contributed by atoms with Gasteiger partial charge in [0.25, 0.3) is 5.91 Å². The number of hydrogen-bond acceptors (Lipinski definition) is 5. The molecule has 1 aliphatic rings. The van der Waals surface area contributed by atoms with Gasteiger partial charge in [-0.1, -0.05) is 24.3 Å². The van der Waals surface area contributed by atoms with Crippen molar-refractivity contribution in [3.8, 4) is 0 Å². The number of hydrogen-bond donors (Lipinski definition) is 1. The van der Waals surface area contributed by atoms with Crippen LogP contribution in [0.3, 0.4) is 0 Å². The summed E-state index contributed by atoms with van der Waals surface area (Å²) < 4.78 is 5.22. The fourth-order valence-corrected chi connectivity index (χ4v) is 3.59. The highest BCUT2D eigenvalue weighted by Gasteiger charge is 2.24. The van der Waals surface area contributed by atoms with Crippen LogP contribution in [-0.4, -0.2) is 37.8 Å². The number of ether oxygens (including phenoxy) is 1. The van der Waals surface area contributed by atoms with Crippen LogP contribution < -0.4 is 10.2 Å². The Balaban J connectivity index is 1.67. The normalized spacial score (nSPS) is 13.1. The predicted octanol–water partition coefficient (Wildman–Crippen LogP) is 3.02. The number of anilines is 2. The van der Waals surface area contributed by atoms with E-state index in [0.717, 1.165) is 16.3 Å². The van der Waals surface area contributed by atoms with E-state index in [1.807, 2.05) is 30.3 Å². The monoisotopic (exact) mass is 342 g/mol. The van der Waals surface area contributed by atoms with Crippen LogP contribution in [0.15, 0.2) is 53.4 Å². The van der Waals surface area contributed by atoms with E-state index >= 15 is 0 Å². The molecule has 0 aromatic heterocycles. The van der Waals surface area contributed by atoms with Crippen molar-refractivity contribution in [1.82, 2.24) is 0 Å². The first kappa shape index (κ1) is 16.4. The maximum absolute atomic E-state index is 12.5. The molecule has 0 saturated carbocycles. The largest absolute Gasteiger partial charge is 0.452 e. The Kier molecular flexibility index (Phi) is 5.05. The zero-order valence-electron chi connectivity index (χ0n) is 13.3. The Bertz CT molecular complexity index is 763. The summed E-state index contributed by atoms with van der Waals surface area (Å²) in [6, 6.07) is 14.8. The lowest BCUT2D eigenvalue weighted by Gasteiger charge is -2.28. The quantitative estimate of drug-likeness (QED) is 0.866. The zero-order valence-corrected chi connectivity index (χ0v) is 14.1. The molecule has 0 unspecified atom stereocenters. The molecule has 2 aromatic rings. The lowest BCUT2D eigenvalue weighted by molar-refractivity contribution is -0.121. The minimum absolute atomic E-state index is 0.210. The van der Waals surface area contributed by atoms with Crippen molar-refractivity contribution >= 4 is 35.0 Å². The first-order valence-corrected chi connectivity index (χ1v) is 8.65. The van der Waals surface area contributed by atoms with Crippen molar-refractivity contribution in [3.63, 3.8) is 0 Å². The predicted molar refractivity (Wildman–Crippen MR) is 95.8 cm³/mol. The molecule has 0 atom stereocenters. The van der Waals surface area contributed by atoms with Crippen LogP contribution in [0.2, 0.25) is 0 Å². The number of para-hydroxylation sites is 2. The minimum atomic E-state index is -0.507. The second-order valence-corrected chi connectivity index (χ2v) is 6.37. The standard InChI is InChI=1S/C18H18N2O3S/c1-19-14-7-3-2-6-13(14)18(22)23-12-17(21)20-10-11-24-16-9-5-4-8-15(16)20/h2-9,19H,10-12H2,1H3. The molecule has 1 N–H and O–H groups in total. The Morgan fingerprint density at radius 1 is 1.17 bits per heavy atom. The van der Waals surface area contributed by atoms with Crippen LogP contribution >= 0.6 is 11.8 Å². The molecule has 1 heterocycles. The highest BCUT2D eigenvalue weighted by molar-refractivity contribution is 7.99. The van der Waals surface area contributed by atoms with Crippen LogP contribution in [-0.2, 0) is 9.53 Å². The number of thioether (sulfide) groups is 1. The van der Waals surface area contributed by atoms with E-state index in [-0.39, 0.29) is 12.5 Å². The fraction of sp³-hybridized carbons (Fsp3) is 0.222. The third-order valence-corrected chi connectivity index (χ3v) is 4.82. The molecule has 124 valence electrons. The van der Waals surface area contributed by atoms with Gasteiger partial charge in [0.05, 0.1) is 11.3 Å². The molecule has 0 fully saturated rings. The summed E-state index contributed by atoms with van der Waals surface area (Å²) in [5.74, 6) is 0.116. The summed E-state index contributed by atoms with van der Waals surface area (Å²) in [6.45, 7) is 0.348. The van der Waals surface area contributed by atoms with E-state index in [4.69, 9.17) is 4.74 Å². The average Bonchev–Trinajstić information content (AvgIpc) is 2.65. The van der Waals surface area contributed by atoms with Crippen molar-refractivity contribution < 1.29 is 14.3 Å². The average molecular weight is 342 g/mol. The Morgan fingerprint density at radius 2 is 1.92 bits per heavy atom. The van der Waals surface area contributed by atoms with Gasteiger partial charge in [0, 0.05) is 29.9 Å². The highest BCUT2D eigenvalue weighted by atomic mass is 32.2. The molecule has 24 heavy (non-hydrogen) atoms. The van der Waals surface area contributed by atoms with E-state index in [1.54, 1.807) is 41.9 Å². The third-order valence-electron chi connectivity index (χ3n) is 3.77. The van der Waals surface area contributed by atoms with Crippen LogP contribution in [0.25, 0.3) is 0 Å². The molecular weight excluding hydrogens is 324 g/mol. The summed E-state index contributed by atoms with van der Waals surface area (Å²) in [5, 5.41) is 2.94. The van der Waals surface area contributed by atoms with Gasteiger partial charge in [-0.3, -0.25) is 4.79 Å². The van der Waals surface area contributed by atoms with Gasteiger partial charge < -0.3 is 15.0 Å². The van der Waals surface area contributed by atoms with E-state index in [2.05, 4.69) is 5.32 Å². The summed E-state index contributed by atoms with van der Waals surface area (Å²) in [6.07, 6.45) is 0. The van der Waals surface area contributed by atoms with Gasteiger partial charge in [-0.15, -0.1) is 11.8 Å². The van der Waals surface area contributed by atoms with Crippen LogP contribution in [0, 0.1) is 0 Å². The topological polar surface area (TPSA) is 58.6 Å². The molecule has 0 aliphatic carbocycles. The maximum Gasteiger partial charge on any atom is 0.340 e. The van der Waals surface area contributed by atoms with Gasteiger partial charge in [0.2, 0.25) is 0 Å². The van der Waals surface area contributed by atoms with Crippen LogP contribution in [0.5, 0.6) is 0 Å². The number of fused-ring (bicyclic) bond motifs is 1. The number of carbonyl (C=O) groups excluding carboxylic acids is 2. The summed E-state index contributed by atoms with van der Waals surface area (Å²) in [5.41, 5.74) is 1.97. The van der Waals surface area contributed by atoms with Crippen LogP contribution in [0.1, 0.15) is 10.4 Å². The molecule has 6 heteroatoms. The smallest absolute Gasteiger partial charge is 0.340 e. The number of nitrogens with zero attached hydrogens (tertiary/aromatic N) is 1. The number of amides is 1. The number of rotatable bonds is 4. The van der Waals surface area contributed by atoms with Crippen molar-refractivity contribution in [2.24, 2.45) is 0 Å². The molecule has 2 aromatic carbocycles. The lowest BCUT2D eigenvalue weighted by Crippen LogP contribution is -2.38. The Morgan fingerprint density at radius 3 is 2.75 bits per heavy atom. The van der Waals surface area contributed by atoms with E-state index in [9.17, 15) is 9.59 Å². The van der Waals surface area contributed by atoms with E-state index < -0.39 is 5.97 Å². The first-order valence-electron chi connectivity index (χ1n) is 7.67.